The first-order chi connectivity index (χ1) is 7.61. The van der Waals surface area contributed by atoms with E-state index in [9.17, 15) is 9.18 Å². The van der Waals surface area contributed by atoms with Gasteiger partial charge in [-0.1, -0.05) is 17.7 Å². The van der Waals surface area contributed by atoms with Crippen molar-refractivity contribution < 1.29 is 14.3 Å². The van der Waals surface area contributed by atoms with E-state index in [0.717, 1.165) is 0 Å². The Bertz CT molecular complexity index is 351. The van der Waals surface area contributed by atoms with Crippen LogP contribution in [0.1, 0.15) is 12.0 Å². The fourth-order valence-electron chi connectivity index (χ4n) is 1.21. The summed E-state index contributed by atoms with van der Waals surface area (Å²) in [5, 5.41) is 8.85. The van der Waals surface area contributed by atoms with Crippen molar-refractivity contribution in [2.24, 2.45) is 0 Å². The third-order valence-corrected chi connectivity index (χ3v) is 3.36. The number of hydrogen-bond donors (Lipinski definition) is 1. The molecule has 88 valence electrons. The Morgan fingerprint density at radius 3 is 2.81 bits per heavy atom. The molecular weight excluding hydrogens is 251 g/mol. The second-order valence-electron chi connectivity index (χ2n) is 3.21. The third kappa shape index (κ3) is 4.41. The largest absolute Gasteiger partial charge is 0.481 e. The summed E-state index contributed by atoms with van der Waals surface area (Å²) in [6.45, 7) is 0. The molecule has 0 aliphatic heterocycles. The molecule has 1 aromatic rings. The Morgan fingerprint density at radius 2 is 2.19 bits per heavy atom. The maximum atomic E-state index is 13.3. The average Bonchev–Trinajstić information content (AvgIpc) is 2.21. The molecule has 0 heterocycles. The van der Waals surface area contributed by atoms with E-state index in [0.29, 0.717) is 28.5 Å². The highest BCUT2D eigenvalue weighted by atomic mass is 35.5. The van der Waals surface area contributed by atoms with E-state index in [2.05, 4.69) is 0 Å². The molecule has 0 bridgehead atoms. The van der Waals surface area contributed by atoms with E-state index in [-0.39, 0.29) is 12.2 Å². The van der Waals surface area contributed by atoms with Crippen LogP contribution in [0.4, 0.5) is 4.39 Å². The van der Waals surface area contributed by atoms with Crippen molar-refractivity contribution in [3.63, 3.8) is 0 Å². The SMILES string of the molecule is O=C(O)CCSCCc1c(F)cccc1Cl. The lowest BCUT2D eigenvalue weighted by Gasteiger charge is -2.05. The summed E-state index contributed by atoms with van der Waals surface area (Å²) in [6, 6.07) is 4.60. The topological polar surface area (TPSA) is 37.3 Å². The van der Waals surface area contributed by atoms with E-state index in [1.54, 1.807) is 12.1 Å². The number of carboxylic acids is 1. The van der Waals surface area contributed by atoms with Gasteiger partial charge in [0, 0.05) is 16.3 Å². The average molecular weight is 263 g/mol. The van der Waals surface area contributed by atoms with Gasteiger partial charge < -0.3 is 5.11 Å². The standard InChI is InChI=1S/C11H12ClFO2S/c12-9-2-1-3-10(13)8(9)4-6-16-7-5-11(14)15/h1-3H,4-7H2,(H,14,15). The number of rotatable bonds is 6. The molecule has 1 N–H and O–H groups in total. The smallest absolute Gasteiger partial charge is 0.304 e. The maximum Gasteiger partial charge on any atom is 0.304 e. The van der Waals surface area contributed by atoms with Gasteiger partial charge in [0.15, 0.2) is 0 Å². The molecule has 0 aliphatic carbocycles. The van der Waals surface area contributed by atoms with Gasteiger partial charge in [0.25, 0.3) is 0 Å². The van der Waals surface area contributed by atoms with Gasteiger partial charge in [-0.3, -0.25) is 4.79 Å². The summed E-state index contributed by atoms with van der Waals surface area (Å²) in [4.78, 5) is 10.2. The van der Waals surface area contributed by atoms with Crippen molar-refractivity contribution in [2.75, 3.05) is 11.5 Å². The van der Waals surface area contributed by atoms with E-state index >= 15 is 0 Å². The number of aliphatic carboxylic acids is 1. The Balaban J connectivity index is 2.34. The van der Waals surface area contributed by atoms with E-state index < -0.39 is 5.97 Å². The van der Waals surface area contributed by atoms with Crippen LogP contribution < -0.4 is 0 Å². The molecule has 5 heteroatoms. The van der Waals surface area contributed by atoms with Crippen LogP contribution in [0.2, 0.25) is 5.02 Å². The number of benzene rings is 1. The zero-order valence-corrected chi connectivity index (χ0v) is 10.2. The third-order valence-electron chi connectivity index (χ3n) is 2.02. The zero-order valence-electron chi connectivity index (χ0n) is 8.58. The molecule has 2 nitrogen and oxygen atoms in total. The summed E-state index contributed by atoms with van der Waals surface area (Å²) in [5.74, 6) is 0.109. The minimum atomic E-state index is -0.809. The molecule has 0 saturated carbocycles. The van der Waals surface area contributed by atoms with Gasteiger partial charge >= 0.3 is 5.97 Å². The highest BCUT2D eigenvalue weighted by Crippen LogP contribution is 2.20. The molecule has 0 saturated heterocycles. The van der Waals surface area contributed by atoms with E-state index in [4.69, 9.17) is 16.7 Å². The number of thioether (sulfide) groups is 1. The Kier molecular flexibility index (Phi) is 5.63. The fraction of sp³-hybridized carbons (Fsp3) is 0.364. The van der Waals surface area contributed by atoms with Crippen molar-refractivity contribution in [2.45, 2.75) is 12.8 Å². The van der Waals surface area contributed by atoms with Crippen LogP contribution in [-0.2, 0) is 11.2 Å². The summed E-state index contributed by atoms with van der Waals surface area (Å²) in [7, 11) is 0. The van der Waals surface area contributed by atoms with Crippen molar-refractivity contribution in [3.8, 4) is 0 Å². The number of halogens is 2. The van der Waals surface area contributed by atoms with Crippen molar-refractivity contribution in [1.29, 1.82) is 0 Å². The molecule has 16 heavy (non-hydrogen) atoms. The Labute approximate surface area is 103 Å². The zero-order chi connectivity index (χ0) is 12.0. The lowest BCUT2D eigenvalue weighted by molar-refractivity contribution is -0.136. The normalized spacial score (nSPS) is 10.4. The fourth-order valence-corrected chi connectivity index (χ4v) is 2.34. The minimum absolute atomic E-state index is 0.135. The van der Waals surface area contributed by atoms with E-state index in [1.807, 2.05) is 0 Å². The van der Waals surface area contributed by atoms with Crippen LogP contribution >= 0.6 is 23.4 Å². The molecule has 0 unspecified atom stereocenters. The Morgan fingerprint density at radius 1 is 1.44 bits per heavy atom. The van der Waals surface area contributed by atoms with Crippen LogP contribution in [0.3, 0.4) is 0 Å². The predicted molar refractivity (Wildman–Crippen MR) is 64.7 cm³/mol. The molecular formula is C11H12ClFO2S. The summed E-state index contributed by atoms with van der Waals surface area (Å²) in [6.07, 6.45) is 0.658. The first-order valence-corrected chi connectivity index (χ1v) is 6.37. The highest BCUT2D eigenvalue weighted by Gasteiger charge is 2.06. The summed E-state index contributed by atoms with van der Waals surface area (Å²) in [5.41, 5.74) is 0.506. The van der Waals surface area contributed by atoms with Crippen LogP contribution in [0, 0.1) is 5.82 Å². The highest BCUT2D eigenvalue weighted by molar-refractivity contribution is 7.99. The number of carbonyl (C=O) groups is 1. The predicted octanol–water partition coefficient (Wildman–Crippen LogP) is 3.23. The molecule has 0 radical (unpaired) electrons. The summed E-state index contributed by atoms with van der Waals surface area (Å²) < 4.78 is 13.3. The van der Waals surface area contributed by atoms with Gasteiger partial charge in [-0.25, -0.2) is 4.39 Å². The van der Waals surface area contributed by atoms with Crippen LogP contribution in [0.25, 0.3) is 0 Å². The van der Waals surface area contributed by atoms with Gasteiger partial charge in [-0.15, -0.1) is 0 Å². The maximum absolute atomic E-state index is 13.3. The molecule has 0 fully saturated rings. The second kappa shape index (κ2) is 6.76. The molecule has 1 aromatic carbocycles. The molecule has 0 aromatic heterocycles. The molecule has 1 rings (SSSR count). The second-order valence-corrected chi connectivity index (χ2v) is 4.84. The minimum Gasteiger partial charge on any atom is -0.481 e. The van der Waals surface area contributed by atoms with Crippen molar-refractivity contribution >= 4 is 29.3 Å². The van der Waals surface area contributed by atoms with Crippen LogP contribution in [0.15, 0.2) is 18.2 Å². The number of hydrogen-bond acceptors (Lipinski definition) is 2. The first kappa shape index (κ1) is 13.3. The molecule has 0 atom stereocenters. The lowest BCUT2D eigenvalue weighted by Crippen LogP contribution is -1.99. The Hall–Kier alpha value is -0.740. The summed E-state index contributed by atoms with van der Waals surface area (Å²) >= 11 is 7.34. The van der Waals surface area contributed by atoms with Crippen molar-refractivity contribution in [1.82, 2.24) is 0 Å². The lowest BCUT2D eigenvalue weighted by atomic mass is 10.1. The molecule has 0 spiro atoms. The van der Waals surface area contributed by atoms with Gasteiger partial charge in [0.05, 0.1) is 6.42 Å². The van der Waals surface area contributed by atoms with Crippen LogP contribution in [0.5, 0.6) is 0 Å². The van der Waals surface area contributed by atoms with Gasteiger partial charge in [-0.2, -0.15) is 11.8 Å². The number of carboxylic acid groups (broad SMARTS) is 1. The monoisotopic (exact) mass is 262 g/mol. The van der Waals surface area contributed by atoms with Crippen LogP contribution in [-0.4, -0.2) is 22.6 Å². The first-order valence-electron chi connectivity index (χ1n) is 4.83. The van der Waals surface area contributed by atoms with E-state index in [1.165, 1.54) is 17.8 Å². The van der Waals surface area contributed by atoms with Crippen molar-refractivity contribution in [3.05, 3.63) is 34.6 Å². The van der Waals surface area contributed by atoms with Gasteiger partial charge in [0.2, 0.25) is 0 Å². The molecule has 0 amide bonds. The van der Waals surface area contributed by atoms with Gasteiger partial charge in [0.1, 0.15) is 5.82 Å². The van der Waals surface area contributed by atoms with Gasteiger partial charge in [-0.05, 0) is 24.3 Å². The molecule has 0 aliphatic rings. The quantitative estimate of drug-likeness (QED) is 0.800.